The average molecular weight is 523 g/mol. The van der Waals surface area contributed by atoms with Crippen LogP contribution in [0.5, 0.6) is 11.5 Å². The highest BCUT2D eigenvalue weighted by Gasteiger charge is 2.49. The highest BCUT2D eigenvalue weighted by atomic mass is 16.5. The van der Waals surface area contributed by atoms with E-state index in [1.807, 2.05) is 13.8 Å². The quantitative estimate of drug-likeness (QED) is 0.562. The maximum Gasteiger partial charge on any atom is 0.324 e. The summed E-state index contributed by atoms with van der Waals surface area (Å²) in [4.78, 5) is 57.5. The smallest absolute Gasteiger partial charge is 0.324 e. The first-order chi connectivity index (χ1) is 18.1. The summed E-state index contributed by atoms with van der Waals surface area (Å²) < 4.78 is 11.0. The second kappa shape index (κ2) is 10.7. The van der Waals surface area contributed by atoms with Gasteiger partial charge < -0.3 is 19.7 Å². The van der Waals surface area contributed by atoms with Gasteiger partial charge in [-0.2, -0.15) is 0 Å². The van der Waals surface area contributed by atoms with Gasteiger partial charge in [0.1, 0.15) is 6.17 Å². The summed E-state index contributed by atoms with van der Waals surface area (Å²) >= 11 is 0. The lowest BCUT2D eigenvalue weighted by molar-refractivity contribution is -0.129. The monoisotopic (exact) mass is 522 g/mol. The van der Waals surface area contributed by atoms with Gasteiger partial charge in [-0.15, -0.1) is 0 Å². The van der Waals surface area contributed by atoms with Gasteiger partial charge in [-0.25, -0.2) is 4.79 Å². The van der Waals surface area contributed by atoms with Crippen LogP contribution in [0.2, 0.25) is 0 Å². The maximum absolute atomic E-state index is 13.8. The molecule has 2 aromatic carbocycles. The van der Waals surface area contributed by atoms with Gasteiger partial charge in [0.05, 0.1) is 31.0 Å². The van der Waals surface area contributed by atoms with Crippen LogP contribution in [0.15, 0.2) is 36.4 Å². The van der Waals surface area contributed by atoms with Crippen molar-refractivity contribution in [1.82, 2.24) is 15.1 Å². The van der Waals surface area contributed by atoms with Crippen LogP contribution in [-0.4, -0.2) is 66.4 Å². The van der Waals surface area contributed by atoms with Crippen molar-refractivity contribution < 1.29 is 28.7 Å². The number of para-hydroxylation sites is 1. The molecule has 0 saturated heterocycles. The van der Waals surface area contributed by atoms with E-state index in [4.69, 9.17) is 9.47 Å². The van der Waals surface area contributed by atoms with Crippen LogP contribution in [0.4, 0.5) is 10.5 Å². The Kier molecular flexibility index (Phi) is 7.61. The van der Waals surface area contributed by atoms with Crippen LogP contribution >= 0.6 is 0 Å². The van der Waals surface area contributed by atoms with E-state index < -0.39 is 12.2 Å². The molecule has 2 aliphatic heterocycles. The van der Waals surface area contributed by atoms with Crippen LogP contribution in [0, 0.1) is 0 Å². The van der Waals surface area contributed by atoms with Crippen molar-refractivity contribution in [2.75, 3.05) is 25.7 Å². The lowest BCUT2D eigenvalue weighted by atomic mass is 10.0. The predicted octanol–water partition coefficient (Wildman–Crippen LogP) is 3.95. The summed E-state index contributed by atoms with van der Waals surface area (Å²) in [5.41, 5.74) is 1.90. The third-order valence-electron chi connectivity index (χ3n) is 6.69. The second-order valence-electron chi connectivity index (χ2n) is 9.90. The van der Waals surface area contributed by atoms with Gasteiger partial charge in [-0.1, -0.05) is 18.2 Å². The molecule has 0 bridgehead atoms. The van der Waals surface area contributed by atoms with Gasteiger partial charge in [-0.05, 0) is 52.3 Å². The normalized spacial score (nSPS) is 15.8. The van der Waals surface area contributed by atoms with Gasteiger partial charge in [0.15, 0.2) is 11.5 Å². The van der Waals surface area contributed by atoms with Crippen molar-refractivity contribution >= 4 is 29.4 Å². The zero-order chi connectivity index (χ0) is 27.7. The fourth-order valence-corrected chi connectivity index (χ4v) is 5.12. The number of nitrogens with zero attached hydrogens (tertiary/aromatic N) is 3. The molecule has 0 spiro atoms. The zero-order valence-electron chi connectivity index (χ0n) is 22.6. The highest BCUT2D eigenvalue weighted by Crippen LogP contribution is 2.49. The molecule has 0 saturated carbocycles. The SMILES string of the molecule is COc1ccc2c(c1OC)C(=O)N1c3ccccc3C(=O)N(CCCC(=O)N(C(=O)NC(C)C)C(C)C)[C@@H]21. The summed E-state index contributed by atoms with van der Waals surface area (Å²) in [6.45, 7) is 7.43. The van der Waals surface area contributed by atoms with E-state index in [1.54, 1.807) is 60.0 Å². The topological polar surface area (TPSA) is 108 Å². The number of amides is 5. The number of hydrogen-bond acceptors (Lipinski definition) is 6. The minimum atomic E-state index is -0.694. The minimum absolute atomic E-state index is 0.0641. The lowest BCUT2D eigenvalue weighted by Crippen LogP contribution is -2.50. The van der Waals surface area contributed by atoms with Crippen LogP contribution in [0.1, 0.15) is 73.0 Å². The summed E-state index contributed by atoms with van der Waals surface area (Å²) in [6.07, 6.45) is -0.319. The van der Waals surface area contributed by atoms with E-state index in [0.717, 1.165) is 0 Å². The van der Waals surface area contributed by atoms with Gasteiger partial charge >= 0.3 is 6.03 Å². The number of rotatable bonds is 8. The third-order valence-corrected chi connectivity index (χ3v) is 6.69. The van der Waals surface area contributed by atoms with E-state index in [1.165, 1.54) is 19.1 Å². The molecule has 2 aromatic rings. The molecule has 2 aliphatic rings. The molecule has 2 heterocycles. The predicted molar refractivity (Wildman–Crippen MR) is 141 cm³/mol. The number of carbonyl (C=O) groups is 4. The first kappa shape index (κ1) is 27.0. The third kappa shape index (κ3) is 4.55. The van der Waals surface area contributed by atoms with E-state index >= 15 is 0 Å². The molecule has 0 aliphatic carbocycles. The van der Waals surface area contributed by atoms with E-state index in [2.05, 4.69) is 5.32 Å². The van der Waals surface area contributed by atoms with E-state index in [-0.39, 0.29) is 42.8 Å². The van der Waals surface area contributed by atoms with E-state index in [9.17, 15) is 19.2 Å². The van der Waals surface area contributed by atoms with Crippen molar-refractivity contribution in [3.63, 3.8) is 0 Å². The van der Waals surface area contributed by atoms with Crippen LogP contribution in [-0.2, 0) is 4.79 Å². The molecule has 10 heteroatoms. The van der Waals surface area contributed by atoms with Crippen molar-refractivity contribution in [2.45, 2.75) is 58.8 Å². The maximum atomic E-state index is 13.8. The molecule has 1 N–H and O–H groups in total. The molecule has 0 aromatic heterocycles. The number of benzene rings is 2. The Hall–Kier alpha value is -4.08. The Labute approximate surface area is 222 Å². The van der Waals surface area contributed by atoms with Crippen molar-refractivity contribution in [3.8, 4) is 11.5 Å². The lowest BCUT2D eigenvalue weighted by Gasteiger charge is -2.41. The van der Waals surface area contributed by atoms with Crippen molar-refractivity contribution in [2.24, 2.45) is 0 Å². The van der Waals surface area contributed by atoms with Crippen molar-refractivity contribution in [1.29, 1.82) is 0 Å². The molecule has 5 amide bonds. The summed E-state index contributed by atoms with van der Waals surface area (Å²) in [5.74, 6) is -0.117. The molecule has 38 heavy (non-hydrogen) atoms. The molecule has 0 fully saturated rings. The number of methoxy groups -OCH3 is 2. The molecular weight excluding hydrogens is 488 g/mol. The molecule has 10 nitrogen and oxygen atoms in total. The first-order valence-electron chi connectivity index (χ1n) is 12.7. The Morgan fingerprint density at radius 3 is 2.34 bits per heavy atom. The standard InChI is InChI=1S/C28H34N4O6/c1-16(2)29-28(36)31(17(3)4)22(33)12-9-15-30-25-19-13-14-21(37-5)24(38-6)23(19)27(35)32(25)20-11-8-7-10-18(20)26(30)34/h7-8,10-11,13-14,16-17,25H,9,12,15H2,1-6H3,(H,29,36)/t25-/m1/s1. The van der Waals surface area contributed by atoms with Crippen LogP contribution in [0.25, 0.3) is 0 Å². The van der Waals surface area contributed by atoms with Gasteiger partial charge in [0.2, 0.25) is 5.91 Å². The molecular formula is C28H34N4O6. The highest BCUT2D eigenvalue weighted by molar-refractivity contribution is 6.18. The zero-order valence-corrected chi connectivity index (χ0v) is 22.6. The van der Waals surface area contributed by atoms with Gasteiger partial charge in [0.25, 0.3) is 11.8 Å². The number of anilines is 1. The van der Waals surface area contributed by atoms with Gasteiger partial charge in [0, 0.05) is 30.6 Å². The second-order valence-corrected chi connectivity index (χ2v) is 9.90. The molecule has 202 valence electrons. The molecule has 0 radical (unpaired) electrons. The van der Waals surface area contributed by atoms with Crippen molar-refractivity contribution in [3.05, 3.63) is 53.1 Å². The minimum Gasteiger partial charge on any atom is -0.493 e. The Balaban J connectivity index is 1.64. The fourth-order valence-electron chi connectivity index (χ4n) is 5.12. The molecule has 4 rings (SSSR count). The van der Waals surface area contributed by atoms with Gasteiger partial charge in [-0.3, -0.25) is 24.2 Å². The largest absolute Gasteiger partial charge is 0.493 e. The number of imide groups is 1. The Morgan fingerprint density at radius 2 is 1.71 bits per heavy atom. The Morgan fingerprint density at radius 1 is 1.00 bits per heavy atom. The first-order valence-corrected chi connectivity index (χ1v) is 12.7. The summed E-state index contributed by atoms with van der Waals surface area (Å²) in [7, 11) is 2.97. The number of hydrogen-bond donors (Lipinski definition) is 1. The fraction of sp³-hybridized carbons (Fsp3) is 0.429. The number of carbonyl (C=O) groups excluding carboxylic acids is 4. The Bertz CT molecular complexity index is 1270. The number of ether oxygens (including phenoxy) is 2. The molecule has 0 unspecified atom stereocenters. The number of urea groups is 1. The van der Waals surface area contributed by atoms with Crippen LogP contribution < -0.4 is 19.7 Å². The number of nitrogens with one attached hydrogen (secondary N) is 1. The average Bonchev–Trinajstić information content (AvgIpc) is 3.17. The number of fused-ring (bicyclic) bond motifs is 5. The van der Waals surface area contributed by atoms with E-state index in [0.29, 0.717) is 40.3 Å². The molecule has 1 atom stereocenters. The summed E-state index contributed by atoms with van der Waals surface area (Å²) in [5, 5.41) is 2.76. The summed E-state index contributed by atoms with van der Waals surface area (Å²) in [6, 6.07) is 9.61. The van der Waals surface area contributed by atoms with Crippen LogP contribution in [0.3, 0.4) is 0 Å².